The topological polar surface area (TPSA) is 163 Å². The van der Waals surface area contributed by atoms with Gasteiger partial charge in [-0.2, -0.15) is 0 Å². The number of nitrogens with zero attached hydrogens (tertiary/aromatic N) is 3. The van der Waals surface area contributed by atoms with Crippen LogP contribution in [0, 0.1) is 5.92 Å². The number of ether oxygens (including phenoxy) is 4. The van der Waals surface area contributed by atoms with Crippen molar-refractivity contribution in [2.45, 2.75) is 45.8 Å². The summed E-state index contributed by atoms with van der Waals surface area (Å²) in [4.78, 5) is 52.7. The lowest BCUT2D eigenvalue weighted by atomic mass is 9.96. The molecule has 1 aliphatic heterocycles. The summed E-state index contributed by atoms with van der Waals surface area (Å²) in [5, 5.41) is 9.17. The van der Waals surface area contributed by atoms with E-state index in [0.717, 1.165) is 4.57 Å². The zero-order valence-corrected chi connectivity index (χ0v) is 23.1. The van der Waals surface area contributed by atoms with E-state index < -0.39 is 35.7 Å². The highest BCUT2D eigenvalue weighted by atomic mass is 16.6. The molecule has 1 fully saturated rings. The number of aromatic nitrogens is 1. The number of carboxylic acid groups (broad SMARTS) is 1. The van der Waals surface area contributed by atoms with Gasteiger partial charge in [0.25, 0.3) is 5.56 Å². The van der Waals surface area contributed by atoms with Crippen LogP contribution < -0.4 is 16.2 Å². The Labute approximate surface area is 228 Å². The average molecular weight is 555 g/mol. The first-order chi connectivity index (χ1) is 18.5. The van der Waals surface area contributed by atoms with Gasteiger partial charge in [0.05, 0.1) is 51.2 Å². The Hall–Kier alpha value is -3.00. The highest BCUT2D eigenvalue weighted by Crippen LogP contribution is 2.24. The maximum absolute atomic E-state index is 13.7. The summed E-state index contributed by atoms with van der Waals surface area (Å²) < 4.78 is 22.8. The maximum atomic E-state index is 13.7. The molecule has 1 aliphatic rings. The Balaban J connectivity index is 2.07. The van der Waals surface area contributed by atoms with Gasteiger partial charge in [0.1, 0.15) is 12.1 Å². The molecule has 0 spiro atoms. The third-order valence-corrected chi connectivity index (χ3v) is 5.74. The number of carbonyl (C=O) groups excluding carboxylic acids is 2. The molecular formula is C26H42N4O9. The van der Waals surface area contributed by atoms with Crippen molar-refractivity contribution in [2.24, 2.45) is 11.7 Å². The molecule has 2 rings (SSSR count). The summed E-state index contributed by atoms with van der Waals surface area (Å²) in [5.41, 5.74) is 4.58. The summed E-state index contributed by atoms with van der Waals surface area (Å²) in [6.07, 6.45) is 2.08. The molecule has 2 amide bonds. The fourth-order valence-electron chi connectivity index (χ4n) is 3.99. The van der Waals surface area contributed by atoms with Crippen molar-refractivity contribution >= 4 is 23.7 Å². The SMILES string of the molecule is CC(C)(C)OC(=O)N1CCCC(C(=O)N(CCOCCOCCOCCN)c2ccc(=O)n(CC(=O)O)c2)C1. The Morgan fingerprint density at radius 1 is 1.05 bits per heavy atom. The molecular weight excluding hydrogens is 512 g/mol. The van der Waals surface area contributed by atoms with Gasteiger partial charge < -0.3 is 44.2 Å². The molecule has 1 aromatic heterocycles. The summed E-state index contributed by atoms with van der Waals surface area (Å²) in [6, 6.07) is 2.71. The predicted octanol–water partition coefficient (Wildman–Crippen LogP) is 0.922. The second-order valence-corrected chi connectivity index (χ2v) is 10.1. The smallest absolute Gasteiger partial charge is 0.410 e. The molecule has 0 saturated carbocycles. The predicted molar refractivity (Wildman–Crippen MR) is 143 cm³/mol. The summed E-state index contributed by atoms with van der Waals surface area (Å²) >= 11 is 0. The molecule has 0 aromatic carbocycles. The number of carboxylic acids is 1. The van der Waals surface area contributed by atoms with Gasteiger partial charge in [-0.15, -0.1) is 0 Å². The van der Waals surface area contributed by atoms with Crippen LogP contribution >= 0.6 is 0 Å². The number of pyridine rings is 1. The van der Waals surface area contributed by atoms with Crippen LogP contribution in [0.2, 0.25) is 0 Å². The zero-order valence-electron chi connectivity index (χ0n) is 23.1. The van der Waals surface area contributed by atoms with Crippen LogP contribution in [0.3, 0.4) is 0 Å². The molecule has 13 nitrogen and oxygen atoms in total. The van der Waals surface area contributed by atoms with Crippen LogP contribution in [0.25, 0.3) is 0 Å². The van der Waals surface area contributed by atoms with E-state index in [-0.39, 0.29) is 25.6 Å². The second kappa shape index (κ2) is 16.2. The Kier molecular flexibility index (Phi) is 13.4. The van der Waals surface area contributed by atoms with E-state index in [2.05, 4.69) is 0 Å². The molecule has 0 bridgehead atoms. The minimum atomic E-state index is -1.18. The Morgan fingerprint density at radius 2 is 1.69 bits per heavy atom. The standard InChI is InChI=1S/C26H42N4O9/c1-26(2,3)39-25(35)28-9-4-5-20(17-28)24(34)30(10-12-37-14-16-38-15-13-36-11-8-27)21-6-7-22(31)29(18-21)19-23(32)33/h6-7,18,20H,4-5,8-17,19,27H2,1-3H3,(H,32,33). The molecule has 3 N–H and O–H groups in total. The Morgan fingerprint density at radius 3 is 2.31 bits per heavy atom. The number of hydrogen-bond donors (Lipinski definition) is 2. The largest absolute Gasteiger partial charge is 0.480 e. The van der Waals surface area contributed by atoms with Crippen molar-refractivity contribution in [2.75, 3.05) is 70.7 Å². The van der Waals surface area contributed by atoms with Crippen LogP contribution in [0.5, 0.6) is 0 Å². The van der Waals surface area contributed by atoms with Gasteiger partial charge in [-0.1, -0.05) is 0 Å². The molecule has 220 valence electrons. The zero-order chi connectivity index (χ0) is 28.8. The lowest BCUT2D eigenvalue weighted by molar-refractivity contribution is -0.137. The number of nitrogens with two attached hydrogens (primary N) is 1. The summed E-state index contributed by atoms with van der Waals surface area (Å²) in [7, 11) is 0. The van der Waals surface area contributed by atoms with E-state index in [0.29, 0.717) is 64.7 Å². The van der Waals surface area contributed by atoms with Gasteiger partial charge in [-0.25, -0.2) is 4.79 Å². The quantitative estimate of drug-likeness (QED) is 0.298. The molecule has 1 atom stereocenters. The average Bonchev–Trinajstić information content (AvgIpc) is 2.87. The number of hydrogen-bond acceptors (Lipinski definition) is 9. The number of anilines is 1. The molecule has 1 saturated heterocycles. The number of aliphatic carboxylic acids is 1. The minimum Gasteiger partial charge on any atom is -0.480 e. The van der Waals surface area contributed by atoms with Crippen LogP contribution in [0.1, 0.15) is 33.6 Å². The highest BCUT2D eigenvalue weighted by Gasteiger charge is 2.33. The third-order valence-electron chi connectivity index (χ3n) is 5.74. The molecule has 39 heavy (non-hydrogen) atoms. The fourth-order valence-corrected chi connectivity index (χ4v) is 3.99. The molecule has 13 heteroatoms. The van der Waals surface area contributed by atoms with Crippen LogP contribution in [0.15, 0.2) is 23.1 Å². The van der Waals surface area contributed by atoms with E-state index in [4.69, 9.17) is 29.8 Å². The number of amides is 2. The second-order valence-electron chi connectivity index (χ2n) is 10.1. The Bertz CT molecular complexity index is 992. The molecule has 1 aromatic rings. The van der Waals surface area contributed by atoms with Gasteiger partial charge in [-0.05, 0) is 39.7 Å². The summed E-state index contributed by atoms with van der Waals surface area (Å²) in [5.74, 6) is -1.92. The number of rotatable bonds is 15. The first-order valence-electron chi connectivity index (χ1n) is 13.2. The highest BCUT2D eigenvalue weighted by molar-refractivity contribution is 5.95. The van der Waals surface area contributed by atoms with Gasteiger partial charge in [0.15, 0.2) is 0 Å². The molecule has 2 heterocycles. The first-order valence-corrected chi connectivity index (χ1v) is 13.2. The van der Waals surface area contributed by atoms with E-state index in [1.54, 1.807) is 20.8 Å². The van der Waals surface area contributed by atoms with Crippen molar-refractivity contribution < 1.29 is 38.4 Å². The van der Waals surface area contributed by atoms with Crippen LogP contribution in [-0.2, 0) is 35.1 Å². The van der Waals surface area contributed by atoms with Crippen molar-refractivity contribution in [3.05, 3.63) is 28.7 Å². The lowest BCUT2D eigenvalue weighted by Crippen LogP contribution is -2.49. The van der Waals surface area contributed by atoms with Crippen molar-refractivity contribution in [1.29, 1.82) is 0 Å². The molecule has 1 unspecified atom stereocenters. The minimum absolute atomic E-state index is 0.159. The van der Waals surface area contributed by atoms with Crippen molar-refractivity contribution in [1.82, 2.24) is 9.47 Å². The number of carbonyl (C=O) groups is 3. The van der Waals surface area contributed by atoms with Crippen LogP contribution in [0.4, 0.5) is 10.5 Å². The summed E-state index contributed by atoms with van der Waals surface area (Å²) in [6.45, 7) is 8.25. The van der Waals surface area contributed by atoms with E-state index in [9.17, 15) is 19.2 Å². The van der Waals surface area contributed by atoms with Gasteiger partial charge in [0, 0.05) is 38.4 Å². The van der Waals surface area contributed by atoms with E-state index in [1.807, 2.05) is 0 Å². The maximum Gasteiger partial charge on any atom is 0.410 e. The number of likely N-dealkylation sites (tertiary alicyclic amines) is 1. The van der Waals surface area contributed by atoms with Gasteiger partial charge >= 0.3 is 12.1 Å². The van der Waals surface area contributed by atoms with E-state index in [1.165, 1.54) is 28.1 Å². The van der Waals surface area contributed by atoms with Gasteiger partial charge in [0.2, 0.25) is 5.91 Å². The van der Waals surface area contributed by atoms with Crippen molar-refractivity contribution in [3.8, 4) is 0 Å². The van der Waals surface area contributed by atoms with Crippen LogP contribution in [-0.4, -0.2) is 104 Å². The lowest BCUT2D eigenvalue weighted by Gasteiger charge is -2.35. The van der Waals surface area contributed by atoms with Gasteiger partial charge in [-0.3, -0.25) is 14.4 Å². The van der Waals surface area contributed by atoms with Crippen molar-refractivity contribution in [3.63, 3.8) is 0 Å². The number of piperidine rings is 1. The van der Waals surface area contributed by atoms with E-state index >= 15 is 0 Å². The third kappa shape index (κ3) is 11.7. The molecule has 0 aliphatic carbocycles. The molecule has 0 radical (unpaired) electrons. The normalized spacial score (nSPS) is 15.7. The fraction of sp³-hybridized carbons (Fsp3) is 0.692. The first kappa shape index (κ1) is 32.2. The monoisotopic (exact) mass is 554 g/mol.